The molecule has 48 heavy (non-hydrogen) atoms. The highest BCUT2D eigenvalue weighted by Gasteiger charge is 2.44. The van der Waals surface area contributed by atoms with Crippen LogP contribution in [0.4, 0.5) is 22.4 Å². The number of rotatable bonds is 12. The van der Waals surface area contributed by atoms with Crippen LogP contribution in [0.3, 0.4) is 0 Å². The Morgan fingerprint density at radius 1 is 0.979 bits per heavy atom. The topological polar surface area (TPSA) is 155 Å². The van der Waals surface area contributed by atoms with E-state index in [1.54, 1.807) is 26.8 Å². The van der Waals surface area contributed by atoms with Crippen molar-refractivity contribution in [2.24, 2.45) is 17.6 Å². The molecule has 5 atom stereocenters. The molecule has 0 fully saturated rings. The number of aromatic nitrogens is 1. The first-order chi connectivity index (χ1) is 22.6. The molecule has 2 aromatic carbocycles. The molecule has 1 aromatic heterocycles. The number of fused-ring (bicyclic) bond motifs is 3. The van der Waals surface area contributed by atoms with Crippen LogP contribution >= 0.6 is 0 Å². The number of H-pyrrole nitrogens is 1. The summed E-state index contributed by atoms with van der Waals surface area (Å²) in [5.74, 6) is -3.48. The van der Waals surface area contributed by atoms with Gasteiger partial charge in [-0.1, -0.05) is 70.9 Å². The molecule has 1 heterocycles. The van der Waals surface area contributed by atoms with Crippen LogP contribution in [-0.4, -0.2) is 46.6 Å². The van der Waals surface area contributed by atoms with Gasteiger partial charge in [-0.05, 0) is 41.5 Å². The summed E-state index contributed by atoms with van der Waals surface area (Å²) in [6.45, 7) is 7.06. The Morgan fingerprint density at radius 2 is 1.65 bits per heavy atom. The lowest BCUT2D eigenvalue weighted by molar-refractivity contribution is -0.137. The minimum atomic E-state index is -4.64. The predicted octanol–water partition coefficient (Wildman–Crippen LogP) is 5.03. The summed E-state index contributed by atoms with van der Waals surface area (Å²) >= 11 is 0. The van der Waals surface area contributed by atoms with Gasteiger partial charge in [0.05, 0.1) is 17.5 Å². The maximum atomic E-state index is 14.3. The minimum absolute atomic E-state index is 0.0473. The first-order valence-electron chi connectivity index (χ1n) is 15.9. The molecule has 3 aromatic rings. The van der Waals surface area contributed by atoms with Crippen LogP contribution < -0.4 is 21.7 Å². The van der Waals surface area contributed by atoms with E-state index in [0.717, 1.165) is 6.07 Å². The van der Waals surface area contributed by atoms with E-state index < -0.39 is 65.1 Å². The lowest BCUT2D eigenvalue weighted by Gasteiger charge is -2.39. The SMILES string of the molecule is CCC(C)[C@H](NC(=O)Cc1ccccc1F)C(=O)N[C@@]1(OC(=O)NC(C(N)=O)[C@@H](C)CC)CCc2[nH]c3c(C(F)(F)F)cccc3c2C1. The zero-order valence-electron chi connectivity index (χ0n) is 27.2. The van der Waals surface area contributed by atoms with Crippen molar-refractivity contribution in [3.05, 3.63) is 70.7 Å². The van der Waals surface area contributed by atoms with E-state index in [-0.39, 0.29) is 48.1 Å². The van der Waals surface area contributed by atoms with Crippen LogP contribution in [0, 0.1) is 17.7 Å². The highest BCUT2D eigenvalue weighted by Crippen LogP contribution is 2.40. The number of carbonyl (C=O) groups excluding carboxylic acids is 4. The molecule has 0 spiro atoms. The van der Waals surface area contributed by atoms with Gasteiger partial charge in [0.15, 0.2) is 5.72 Å². The van der Waals surface area contributed by atoms with Gasteiger partial charge >= 0.3 is 12.3 Å². The molecule has 10 nitrogen and oxygen atoms in total. The van der Waals surface area contributed by atoms with Gasteiger partial charge < -0.3 is 31.4 Å². The number of benzene rings is 2. The van der Waals surface area contributed by atoms with Crippen molar-refractivity contribution in [2.75, 3.05) is 0 Å². The Kier molecular flexibility index (Phi) is 11.1. The molecule has 2 unspecified atom stereocenters. The van der Waals surface area contributed by atoms with Gasteiger partial charge in [-0.25, -0.2) is 9.18 Å². The number of para-hydroxylation sites is 1. The van der Waals surface area contributed by atoms with Crippen LogP contribution in [0.2, 0.25) is 0 Å². The molecule has 0 radical (unpaired) electrons. The maximum absolute atomic E-state index is 14.3. The van der Waals surface area contributed by atoms with Crippen molar-refractivity contribution < 1.29 is 41.5 Å². The summed E-state index contributed by atoms with van der Waals surface area (Å²) in [6, 6.07) is 7.26. The van der Waals surface area contributed by atoms with Gasteiger partial charge in [0.1, 0.15) is 17.9 Å². The number of nitrogens with two attached hydrogens (primary N) is 1. The quantitative estimate of drug-likeness (QED) is 0.135. The summed E-state index contributed by atoms with van der Waals surface area (Å²) in [4.78, 5) is 55.4. The number of carbonyl (C=O) groups is 4. The number of aromatic amines is 1. The second-order valence-corrected chi connectivity index (χ2v) is 12.5. The number of amides is 4. The average molecular weight is 676 g/mol. The van der Waals surface area contributed by atoms with Crippen LogP contribution in [0.5, 0.6) is 0 Å². The highest BCUT2D eigenvalue weighted by atomic mass is 19.4. The number of aryl methyl sites for hydroxylation is 1. The third kappa shape index (κ3) is 8.08. The molecule has 14 heteroatoms. The van der Waals surface area contributed by atoms with Gasteiger partial charge in [-0.15, -0.1) is 0 Å². The molecular weight excluding hydrogens is 634 g/mol. The van der Waals surface area contributed by atoms with Crippen molar-refractivity contribution >= 4 is 34.7 Å². The number of halogens is 4. The molecule has 4 amide bonds. The molecular formula is C34H41F4N5O5. The number of hydrogen-bond donors (Lipinski definition) is 5. The fraction of sp³-hybridized carbons (Fsp3) is 0.471. The second kappa shape index (κ2) is 14.7. The first-order valence-corrected chi connectivity index (χ1v) is 15.9. The fourth-order valence-electron chi connectivity index (χ4n) is 6.01. The predicted molar refractivity (Wildman–Crippen MR) is 170 cm³/mol. The van der Waals surface area contributed by atoms with Gasteiger partial charge in [-0.3, -0.25) is 14.4 Å². The van der Waals surface area contributed by atoms with Gasteiger partial charge in [0.25, 0.3) is 0 Å². The Bertz CT molecular complexity index is 1670. The summed E-state index contributed by atoms with van der Waals surface area (Å²) in [7, 11) is 0. The molecule has 260 valence electrons. The molecule has 4 rings (SSSR count). The van der Waals surface area contributed by atoms with E-state index in [9.17, 15) is 36.7 Å². The van der Waals surface area contributed by atoms with Crippen molar-refractivity contribution in [1.29, 1.82) is 0 Å². The third-order valence-electron chi connectivity index (χ3n) is 9.13. The van der Waals surface area contributed by atoms with Crippen LogP contribution in [-0.2, 0) is 44.6 Å². The molecule has 0 bridgehead atoms. The van der Waals surface area contributed by atoms with Crippen molar-refractivity contribution in [1.82, 2.24) is 20.9 Å². The van der Waals surface area contributed by atoms with Gasteiger partial charge in [-0.2, -0.15) is 13.2 Å². The normalized spacial score (nSPS) is 18.6. The number of hydrogen-bond acceptors (Lipinski definition) is 5. The molecule has 1 aliphatic rings. The minimum Gasteiger partial charge on any atom is -0.423 e. The second-order valence-electron chi connectivity index (χ2n) is 12.5. The summed E-state index contributed by atoms with van der Waals surface area (Å²) < 4.78 is 61.8. The zero-order valence-corrected chi connectivity index (χ0v) is 27.2. The molecule has 1 aliphatic carbocycles. The lowest BCUT2D eigenvalue weighted by Crippen LogP contribution is -2.62. The largest absolute Gasteiger partial charge is 0.423 e. The van der Waals surface area contributed by atoms with E-state index in [0.29, 0.717) is 24.1 Å². The molecule has 0 aliphatic heterocycles. The van der Waals surface area contributed by atoms with Crippen molar-refractivity contribution in [3.63, 3.8) is 0 Å². The smallest absolute Gasteiger partial charge is 0.418 e. The average Bonchev–Trinajstić information content (AvgIpc) is 3.39. The van der Waals surface area contributed by atoms with E-state index >= 15 is 0 Å². The Labute approximate surface area is 275 Å². The number of alkyl carbamates (subject to hydrolysis) is 1. The third-order valence-corrected chi connectivity index (χ3v) is 9.13. The maximum Gasteiger partial charge on any atom is 0.418 e. The van der Waals surface area contributed by atoms with Crippen molar-refractivity contribution in [2.45, 2.75) is 90.2 Å². The Hall–Kier alpha value is -4.62. The van der Waals surface area contributed by atoms with E-state index in [1.165, 1.54) is 30.3 Å². The Balaban J connectivity index is 1.69. The fourth-order valence-corrected chi connectivity index (χ4v) is 6.01. The zero-order chi connectivity index (χ0) is 35.4. The standard InChI is InChI=1S/C34H41F4N5O5/c1-5-18(3)27(30(39)45)42-32(47)48-33(15-14-25-22(17-33)21-11-9-12-23(29(21)40-25)34(36,37)38)43-31(46)28(19(4)6-2)41-26(44)16-20-10-7-8-13-24(20)35/h7-13,18-19,27-28,40H,5-6,14-17H2,1-4H3,(H2,39,45)(H,41,44)(H,42,47)(H,43,46)/t18-,19?,27?,28-,33+/m0/s1. The number of alkyl halides is 3. The monoisotopic (exact) mass is 675 g/mol. The lowest BCUT2D eigenvalue weighted by atomic mass is 9.87. The van der Waals surface area contributed by atoms with Crippen LogP contribution in [0.1, 0.15) is 69.3 Å². The first kappa shape index (κ1) is 36.2. The van der Waals surface area contributed by atoms with Crippen molar-refractivity contribution in [3.8, 4) is 0 Å². The summed E-state index contributed by atoms with van der Waals surface area (Å²) in [6.07, 6.45) is -5.26. The molecule has 6 N–H and O–H groups in total. The van der Waals surface area contributed by atoms with Crippen LogP contribution in [0.25, 0.3) is 10.9 Å². The van der Waals surface area contributed by atoms with E-state index in [2.05, 4.69) is 20.9 Å². The van der Waals surface area contributed by atoms with Gasteiger partial charge in [0.2, 0.25) is 17.7 Å². The number of primary amides is 1. The van der Waals surface area contributed by atoms with Gasteiger partial charge in [0, 0.05) is 23.9 Å². The van der Waals surface area contributed by atoms with E-state index in [1.807, 2.05) is 6.92 Å². The Morgan fingerprint density at radius 3 is 2.27 bits per heavy atom. The molecule has 0 saturated heterocycles. The summed E-state index contributed by atoms with van der Waals surface area (Å²) in [5, 5.41) is 8.18. The number of nitrogens with one attached hydrogen (secondary N) is 4. The van der Waals surface area contributed by atoms with E-state index in [4.69, 9.17) is 10.5 Å². The van der Waals surface area contributed by atoms with Crippen LogP contribution in [0.15, 0.2) is 42.5 Å². The number of ether oxygens (including phenoxy) is 1. The molecule has 0 saturated carbocycles. The summed E-state index contributed by atoms with van der Waals surface area (Å²) in [5.41, 5.74) is 3.77. The highest BCUT2D eigenvalue weighted by molar-refractivity contribution is 5.91.